The van der Waals surface area contributed by atoms with E-state index in [0.29, 0.717) is 22.3 Å². The van der Waals surface area contributed by atoms with Crippen LogP contribution in [-0.2, 0) is 11.9 Å². The molecule has 0 aliphatic rings. The number of hydrogen-bond acceptors (Lipinski definition) is 6. The van der Waals surface area contributed by atoms with Crippen LogP contribution in [-0.4, -0.2) is 41.5 Å². The van der Waals surface area contributed by atoms with Gasteiger partial charge < -0.3 is 0 Å². The molecule has 4 rings (SSSR count). The van der Waals surface area contributed by atoms with Gasteiger partial charge in [0.2, 0.25) is 5.82 Å². The van der Waals surface area contributed by atoms with Crippen LogP contribution < -0.4 is 0 Å². The molecule has 0 fully saturated rings. The predicted octanol–water partition coefficient (Wildman–Crippen LogP) is 4.40. The zero-order valence-corrected chi connectivity index (χ0v) is 19.5. The van der Waals surface area contributed by atoms with Crippen molar-refractivity contribution in [1.29, 1.82) is 0 Å². The molecule has 8 nitrogen and oxygen atoms in total. The highest BCUT2D eigenvalue weighted by Gasteiger charge is 2.07. The lowest BCUT2D eigenvalue weighted by Gasteiger charge is -2.01. The van der Waals surface area contributed by atoms with Crippen LogP contribution in [0.2, 0.25) is 0 Å². The number of alkyl halides is 1. The fraction of sp³-hybridized carbons (Fsp3) is 0.182. The first-order valence-corrected chi connectivity index (χ1v) is 10.7. The first kappa shape index (κ1) is 25.7. The van der Waals surface area contributed by atoms with Gasteiger partial charge in [0.1, 0.15) is 24.3 Å². The summed E-state index contributed by atoms with van der Waals surface area (Å²) in [6.07, 6.45) is 2.72. The SMILES string of the molecule is CC(=O)c1ncn(Cc2ccccc2F)n1.CC(=O)c1ncn[nH]1.Fc1ccccc1CBr. The summed E-state index contributed by atoms with van der Waals surface area (Å²) in [6, 6.07) is 13.1. The molecule has 0 radical (unpaired) electrons. The fourth-order valence-corrected chi connectivity index (χ4v) is 2.77. The normalized spacial score (nSPS) is 9.85. The van der Waals surface area contributed by atoms with Crippen molar-refractivity contribution in [2.75, 3.05) is 0 Å². The topological polar surface area (TPSA) is 106 Å². The van der Waals surface area contributed by atoms with E-state index >= 15 is 0 Å². The van der Waals surface area contributed by atoms with Gasteiger partial charge in [-0.2, -0.15) is 5.10 Å². The van der Waals surface area contributed by atoms with Gasteiger partial charge in [-0.15, -0.1) is 5.10 Å². The number of carbonyl (C=O) groups is 2. The molecule has 4 aromatic rings. The lowest BCUT2D eigenvalue weighted by atomic mass is 10.2. The summed E-state index contributed by atoms with van der Waals surface area (Å²) in [4.78, 5) is 28.8. The van der Waals surface area contributed by atoms with Gasteiger partial charge in [0.15, 0.2) is 17.4 Å². The number of H-pyrrole nitrogens is 1. The van der Waals surface area contributed by atoms with Gasteiger partial charge in [0.05, 0.1) is 6.54 Å². The van der Waals surface area contributed by atoms with Crippen molar-refractivity contribution in [3.8, 4) is 0 Å². The second-order valence-corrected chi connectivity index (χ2v) is 7.09. The van der Waals surface area contributed by atoms with Crippen LogP contribution in [0.4, 0.5) is 8.78 Å². The molecule has 11 heteroatoms. The van der Waals surface area contributed by atoms with E-state index in [2.05, 4.69) is 41.2 Å². The Labute approximate surface area is 197 Å². The maximum Gasteiger partial charge on any atom is 0.216 e. The van der Waals surface area contributed by atoms with Gasteiger partial charge in [0, 0.05) is 24.7 Å². The third-order valence-corrected chi connectivity index (χ3v) is 4.60. The standard InChI is InChI=1S/C11H10FN3O.C7H6BrF.C4H5N3O/c1-8(16)11-13-7-15(14-11)6-9-4-2-3-5-10(9)12;8-5-6-3-1-2-4-7(6)9;1-3(8)4-5-2-6-7-4/h2-5,7H,6H2,1H3;1-4H,5H2;2H,1H3,(H,5,6,7). The third kappa shape index (κ3) is 8.45. The highest BCUT2D eigenvalue weighted by molar-refractivity contribution is 9.08. The molecule has 0 amide bonds. The Hall–Kier alpha value is -3.60. The largest absolute Gasteiger partial charge is 0.291 e. The molecule has 1 N–H and O–H groups in total. The fourth-order valence-electron chi connectivity index (χ4n) is 2.32. The highest BCUT2D eigenvalue weighted by Crippen LogP contribution is 2.09. The van der Waals surface area contributed by atoms with Crippen LogP contribution in [0, 0.1) is 11.6 Å². The van der Waals surface area contributed by atoms with E-state index in [4.69, 9.17) is 0 Å². The Balaban J connectivity index is 0.000000192. The second kappa shape index (κ2) is 13.1. The van der Waals surface area contributed by atoms with Crippen molar-refractivity contribution in [2.24, 2.45) is 0 Å². The molecule has 0 bridgehead atoms. The van der Waals surface area contributed by atoms with E-state index in [1.54, 1.807) is 30.3 Å². The summed E-state index contributed by atoms with van der Waals surface area (Å²) in [5.74, 6) is -0.270. The highest BCUT2D eigenvalue weighted by atomic mass is 79.9. The number of halogens is 3. The zero-order valence-electron chi connectivity index (χ0n) is 17.9. The molecule has 2 aromatic heterocycles. The van der Waals surface area contributed by atoms with Crippen molar-refractivity contribution in [3.05, 3.63) is 95.6 Å². The quantitative estimate of drug-likeness (QED) is 0.310. The molecule has 2 heterocycles. The minimum Gasteiger partial charge on any atom is -0.291 e. The summed E-state index contributed by atoms with van der Waals surface area (Å²) in [6.45, 7) is 3.09. The molecule has 0 aliphatic carbocycles. The predicted molar refractivity (Wildman–Crippen MR) is 121 cm³/mol. The van der Waals surface area contributed by atoms with Crippen LogP contribution in [0.25, 0.3) is 0 Å². The summed E-state index contributed by atoms with van der Waals surface area (Å²) >= 11 is 3.17. The number of carbonyl (C=O) groups excluding carboxylic acids is 2. The minimum absolute atomic E-state index is 0.0949. The molecule has 0 unspecified atom stereocenters. The van der Waals surface area contributed by atoms with Crippen LogP contribution in [0.3, 0.4) is 0 Å². The number of aromatic nitrogens is 6. The second-order valence-electron chi connectivity index (χ2n) is 6.53. The Morgan fingerprint density at radius 1 is 0.939 bits per heavy atom. The Morgan fingerprint density at radius 3 is 1.94 bits per heavy atom. The van der Waals surface area contributed by atoms with Crippen molar-refractivity contribution < 1.29 is 18.4 Å². The average Bonchev–Trinajstić information content (AvgIpc) is 3.49. The molecular weight excluding hydrogens is 498 g/mol. The number of Topliss-reactive ketones (excluding diaryl/α,β-unsaturated/α-hetero) is 2. The molecule has 2 aromatic carbocycles. The van der Waals surface area contributed by atoms with Crippen molar-refractivity contribution in [2.45, 2.75) is 25.7 Å². The molecule has 0 saturated carbocycles. The summed E-state index contributed by atoms with van der Waals surface area (Å²) < 4.78 is 27.3. The van der Waals surface area contributed by atoms with Crippen molar-refractivity contribution >= 4 is 27.5 Å². The van der Waals surface area contributed by atoms with Gasteiger partial charge in [-0.25, -0.2) is 23.4 Å². The first-order chi connectivity index (χ1) is 15.8. The molecule has 0 spiro atoms. The summed E-state index contributed by atoms with van der Waals surface area (Å²) in [7, 11) is 0. The van der Waals surface area contributed by atoms with E-state index in [0.717, 1.165) is 0 Å². The van der Waals surface area contributed by atoms with Crippen LogP contribution in [0.1, 0.15) is 46.2 Å². The van der Waals surface area contributed by atoms with E-state index in [-0.39, 0.29) is 35.6 Å². The number of benzene rings is 2. The van der Waals surface area contributed by atoms with Crippen LogP contribution in [0.5, 0.6) is 0 Å². The Kier molecular flexibility index (Phi) is 10.2. The first-order valence-electron chi connectivity index (χ1n) is 9.61. The van der Waals surface area contributed by atoms with Crippen LogP contribution >= 0.6 is 15.9 Å². The van der Waals surface area contributed by atoms with E-state index in [9.17, 15) is 18.4 Å². The summed E-state index contributed by atoms with van der Waals surface area (Å²) in [5, 5.41) is 10.4. The average molecular weight is 519 g/mol. The van der Waals surface area contributed by atoms with Crippen LogP contribution in [0.15, 0.2) is 61.2 Å². The minimum atomic E-state index is -0.289. The van der Waals surface area contributed by atoms with Gasteiger partial charge >= 0.3 is 0 Å². The van der Waals surface area contributed by atoms with Crippen molar-refractivity contribution in [1.82, 2.24) is 29.9 Å². The molecule has 33 heavy (non-hydrogen) atoms. The molecule has 172 valence electrons. The van der Waals surface area contributed by atoms with Gasteiger partial charge in [-0.05, 0) is 17.7 Å². The van der Waals surface area contributed by atoms with E-state index in [1.165, 1.54) is 43.3 Å². The smallest absolute Gasteiger partial charge is 0.216 e. The number of nitrogens with one attached hydrogen (secondary N) is 1. The van der Waals surface area contributed by atoms with E-state index in [1.807, 2.05) is 6.07 Å². The third-order valence-electron chi connectivity index (χ3n) is 3.99. The zero-order chi connectivity index (χ0) is 24.2. The maximum absolute atomic E-state index is 13.3. The van der Waals surface area contributed by atoms with Gasteiger partial charge in [-0.3, -0.25) is 14.7 Å². The lowest BCUT2D eigenvalue weighted by Crippen LogP contribution is -2.04. The summed E-state index contributed by atoms with van der Waals surface area (Å²) in [5.41, 5.74) is 1.22. The van der Waals surface area contributed by atoms with Gasteiger partial charge in [0.25, 0.3) is 0 Å². The van der Waals surface area contributed by atoms with Gasteiger partial charge in [-0.1, -0.05) is 52.3 Å². The Morgan fingerprint density at radius 2 is 1.55 bits per heavy atom. The molecule has 0 aliphatic heterocycles. The maximum atomic E-state index is 13.3. The van der Waals surface area contributed by atoms with Crippen molar-refractivity contribution in [3.63, 3.8) is 0 Å². The number of aromatic amines is 1. The number of nitrogens with zero attached hydrogens (tertiary/aromatic N) is 5. The monoisotopic (exact) mass is 518 g/mol. The lowest BCUT2D eigenvalue weighted by molar-refractivity contribution is 0.0995. The van der Waals surface area contributed by atoms with E-state index < -0.39 is 0 Å². The molecule has 0 saturated heterocycles. The molecular formula is C22H21BrF2N6O2. The number of hydrogen-bond donors (Lipinski definition) is 1. The number of rotatable bonds is 5. The molecule has 0 atom stereocenters. The Bertz CT molecular complexity index is 1180. The number of ketones is 2.